The minimum Gasteiger partial charge on any atom is -0.272 e. The number of nitro groups is 2. The minimum absolute atomic E-state index is 0.121. The molecule has 0 atom stereocenters. The molecular weight excluding hydrogens is 252 g/mol. The van der Waals surface area contributed by atoms with Crippen LogP contribution in [0.3, 0.4) is 0 Å². The van der Waals surface area contributed by atoms with Crippen LogP contribution in [0.25, 0.3) is 0 Å². The van der Waals surface area contributed by atoms with Crippen molar-refractivity contribution in [3.63, 3.8) is 0 Å². The van der Waals surface area contributed by atoms with Gasteiger partial charge in [-0.3, -0.25) is 25.7 Å². The number of benzene rings is 1. The maximum atomic E-state index is 10.8. The number of anilines is 1. The van der Waals surface area contributed by atoms with E-state index >= 15 is 0 Å². The number of hydrogen-bond acceptors (Lipinski definition) is 6. The fourth-order valence-electron chi connectivity index (χ4n) is 1.26. The van der Waals surface area contributed by atoms with Gasteiger partial charge in [-0.05, 0) is 18.4 Å². The van der Waals surface area contributed by atoms with E-state index in [9.17, 15) is 20.2 Å². The zero-order chi connectivity index (χ0) is 14.4. The maximum absolute atomic E-state index is 10.8. The topological polar surface area (TPSA) is 111 Å². The van der Waals surface area contributed by atoms with E-state index in [1.165, 1.54) is 12.1 Å². The second kappa shape index (κ2) is 6.43. The number of nitrogens with zero attached hydrogens (tertiary/aromatic N) is 3. The molecule has 0 radical (unpaired) electrons. The lowest BCUT2D eigenvalue weighted by Crippen LogP contribution is -1.99. The molecule has 0 fully saturated rings. The number of nitro benzene ring substituents is 2. The highest BCUT2D eigenvalue weighted by atomic mass is 16.6. The molecule has 8 heteroatoms. The Bertz CT molecular complexity index is 513. The first kappa shape index (κ1) is 14.6. The van der Waals surface area contributed by atoms with Crippen molar-refractivity contribution < 1.29 is 9.85 Å². The number of hydrogen-bond donors (Lipinski definition) is 1. The van der Waals surface area contributed by atoms with Gasteiger partial charge in [-0.1, -0.05) is 13.8 Å². The summed E-state index contributed by atoms with van der Waals surface area (Å²) >= 11 is 0. The molecule has 102 valence electrons. The highest BCUT2D eigenvalue weighted by molar-refractivity contribution is 5.67. The molecule has 0 heterocycles. The summed E-state index contributed by atoms with van der Waals surface area (Å²) in [6.45, 7) is 4.03. The van der Waals surface area contributed by atoms with Gasteiger partial charge in [0.25, 0.3) is 5.69 Å². The Morgan fingerprint density at radius 3 is 2.53 bits per heavy atom. The van der Waals surface area contributed by atoms with Crippen molar-refractivity contribution in [1.29, 1.82) is 0 Å². The quantitative estimate of drug-likeness (QED) is 0.483. The summed E-state index contributed by atoms with van der Waals surface area (Å²) in [7, 11) is 0. The predicted octanol–water partition coefficient (Wildman–Crippen LogP) is 2.95. The lowest BCUT2D eigenvalue weighted by atomic mass is 10.2. The molecule has 0 amide bonds. The molecule has 0 bridgehead atoms. The largest absolute Gasteiger partial charge is 0.301 e. The summed E-state index contributed by atoms with van der Waals surface area (Å²) in [6, 6.07) is 3.36. The third-order valence-corrected chi connectivity index (χ3v) is 2.24. The van der Waals surface area contributed by atoms with E-state index in [1.807, 2.05) is 13.8 Å². The molecule has 1 rings (SSSR count). The van der Waals surface area contributed by atoms with Crippen LogP contribution in [0.15, 0.2) is 23.3 Å². The SMILES string of the molecule is CC(C)C/C=N\Nc1ccc([N+](=O)[O-])cc1[N+](=O)[O-]. The van der Waals surface area contributed by atoms with Crippen LogP contribution >= 0.6 is 0 Å². The predicted molar refractivity (Wildman–Crippen MR) is 71.3 cm³/mol. The van der Waals surface area contributed by atoms with Crippen molar-refractivity contribution in [3.8, 4) is 0 Å². The van der Waals surface area contributed by atoms with E-state index in [-0.39, 0.29) is 17.1 Å². The Hall–Kier alpha value is -2.51. The first-order valence-corrected chi connectivity index (χ1v) is 5.62. The van der Waals surface area contributed by atoms with Crippen LogP contribution in [0.5, 0.6) is 0 Å². The van der Waals surface area contributed by atoms with Gasteiger partial charge in [0.15, 0.2) is 0 Å². The smallest absolute Gasteiger partial charge is 0.272 e. The van der Waals surface area contributed by atoms with E-state index in [2.05, 4.69) is 10.5 Å². The zero-order valence-corrected chi connectivity index (χ0v) is 10.6. The van der Waals surface area contributed by atoms with Gasteiger partial charge in [0, 0.05) is 12.3 Å². The summed E-state index contributed by atoms with van der Waals surface area (Å²) in [4.78, 5) is 20.0. The Morgan fingerprint density at radius 1 is 1.32 bits per heavy atom. The molecule has 1 aromatic rings. The summed E-state index contributed by atoms with van der Waals surface area (Å²) in [5, 5.41) is 25.2. The van der Waals surface area contributed by atoms with Crippen molar-refractivity contribution in [3.05, 3.63) is 38.4 Å². The maximum Gasteiger partial charge on any atom is 0.301 e. The number of hydrazone groups is 1. The Labute approximate surface area is 109 Å². The van der Waals surface area contributed by atoms with Crippen molar-refractivity contribution in [2.45, 2.75) is 20.3 Å². The van der Waals surface area contributed by atoms with E-state index in [0.717, 1.165) is 12.5 Å². The van der Waals surface area contributed by atoms with Gasteiger partial charge in [-0.25, -0.2) is 0 Å². The highest BCUT2D eigenvalue weighted by Gasteiger charge is 2.18. The number of rotatable bonds is 6. The molecule has 0 aliphatic carbocycles. The van der Waals surface area contributed by atoms with Crippen LogP contribution in [0.2, 0.25) is 0 Å². The number of non-ortho nitro benzene ring substituents is 1. The van der Waals surface area contributed by atoms with Gasteiger partial charge in [-0.15, -0.1) is 0 Å². The average molecular weight is 266 g/mol. The van der Waals surface area contributed by atoms with E-state index in [0.29, 0.717) is 5.92 Å². The molecular formula is C11H14N4O4. The summed E-state index contributed by atoms with van der Waals surface area (Å²) in [5.74, 6) is 0.428. The molecule has 0 spiro atoms. The molecule has 0 saturated heterocycles. The summed E-state index contributed by atoms with van der Waals surface area (Å²) < 4.78 is 0. The first-order valence-electron chi connectivity index (χ1n) is 5.62. The molecule has 8 nitrogen and oxygen atoms in total. The Kier molecular flexibility index (Phi) is 4.92. The lowest BCUT2D eigenvalue weighted by Gasteiger charge is -2.02. The normalized spacial score (nSPS) is 10.9. The van der Waals surface area contributed by atoms with E-state index in [4.69, 9.17) is 0 Å². The molecule has 0 aliphatic heterocycles. The summed E-state index contributed by atoms with van der Waals surface area (Å²) in [6.07, 6.45) is 2.34. The van der Waals surface area contributed by atoms with Crippen molar-refractivity contribution in [2.24, 2.45) is 11.0 Å². The van der Waals surface area contributed by atoms with Gasteiger partial charge in [0.1, 0.15) is 5.69 Å². The first-order chi connectivity index (χ1) is 8.91. The van der Waals surface area contributed by atoms with Crippen LogP contribution in [0.4, 0.5) is 17.1 Å². The van der Waals surface area contributed by atoms with Gasteiger partial charge in [-0.2, -0.15) is 5.10 Å². The molecule has 0 aromatic heterocycles. The fraction of sp³-hybridized carbons (Fsp3) is 0.364. The van der Waals surface area contributed by atoms with Crippen LogP contribution in [0.1, 0.15) is 20.3 Å². The third-order valence-electron chi connectivity index (χ3n) is 2.24. The molecule has 1 N–H and O–H groups in total. The van der Waals surface area contributed by atoms with Crippen molar-refractivity contribution in [2.75, 3.05) is 5.43 Å². The molecule has 0 saturated carbocycles. The van der Waals surface area contributed by atoms with Gasteiger partial charge >= 0.3 is 5.69 Å². The Balaban J connectivity index is 2.91. The second-order valence-electron chi connectivity index (χ2n) is 4.27. The van der Waals surface area contributed by atoms with Gasteiger partial charge in [0.05, 0.1) is 15.9 Å². The van der Waals surface area contributed by atoms with Gasteiger partial charge < -0.3 is 0 Å². The van der Waals surface area contributed by atoms with Crippen LogP contribution in [0, 0.1) is 26.1 Å². The van der Waals surface area contributed by atoms with Crippen LogP contribution in [-0.2, 0) is 0 Å². The second-order valence-corrected chi connectivity index (χ2v) is 4.27. The molecule has 19 heavy (non-hydrogen) atoms. The average Bonchev–Trinajstić information content (AvgIpc) is 2.34. The van der Waals surface area contributed by atoms with Crippen LogP contribution in [-0.4, -0.2) is 16.1 Å². The number of nitrogens with one attached hydrogen (secondary N) is 1. The van der Waals surface area contributed by atoms with Crippen LogP contribution < -0.4 is 5.43 Å². The highest BCUT2D eigenvalue weighted by Crippen LogP contribution is 2.28. The van der Waals surface area contributed by atoms with E-state index < -0.39 is 9.85 Å². The standard InChI is InChI=1S/C11H14N4O4/c1-8(2)5-6-12-13-10-4-3-9(14(16)17)7-11(10)15(18)19/h3-4,6-8,13H,5H2,1-2H3/b12-6-. The lowest BCUT2D eigenvalue weighted by molar-refractivity contribution is -0.393. The van der Waals surface area contributed by atoms with Gasteiger partial charge in [0.2, 0.25) is 0 Å². The monoisotopic (exact) mass is 266 g/mol. The molecule has 0 unspecified atom stereocenters. The minimum atomic E-state index is -0.687. The molecule has 0 aliphatic rings. The van der Waals surface area contributed by atoms with Crippen molar-refractivity contribution in [1.82, 2.24) is 0 Å². The third kappa shape index (κ3) is 4.34. The fourth-order valence-corrected chi connectivity index (χ4v) is 1.26. The molecule has 1 aromatic carbocycles. The van der Waals surface area contributed by atoms with Crippen molar-refractivity contribution >= 4 is 23.3 Å². The van der Waals surface area contributed by atoms with E-state index in [1.54, 1.807) is 6.21 Å². The Morgan fingerprint density at radius 2 is 2.00 bits per heavy atom. The zero-order valence-electron chi connectivity index (χ0n) is 10.6. The summed E-state index contributed by atoms with van der Waals surface area (Å²) in [5.41, 5.74) is 1.93.